The SMILES string of the molecule is Cl.NCC1CCN(C(=O)CSCc2ccc(Cl)cc2)C1. The second-order valence-electron chi connectivity index (χ2n) is 4.85. The highest BCUT2D eigenvalue weighted by molar-refractivity contribution is 7.99. The molecule has 1 aliphatic heterocycles. The van der Waals surface area contributed by atoms with Crippen LogP contribution in [0.1, 0.15) is 12.0 Å². The summed E-state index contributed by atoms with van der Waals surface area (Å²) in [7, 11) is 0. The van der Waals surface area contributed by atoms with Gasteiger partial charge in [0.25, 0.3) is 0 Å². The minimum atomic E-state index is 0. The number of nitrogens with two attached hydrogens (primary N) is 1. The Bertz CT molecular complexity index is 428. The number of benzene rings is 1. The molecule has 2 rings (SSSR count). The molecule has 0 radical (unpaired) electrons. The van der Waals surface area contributed by atoms with E-state index in [1.807, 2.05) is 29.2 Å². The number of halogens is 2. The van der Waals surface area contributed by atoms with E-state index >= 15 is 0 Å². The quantitative estimate of drug-likeness (QED) is 0.900. The minimum Gasteiger partial charge on any atom is -0.342 e. The maximum Gasteiger partial charge on any atom is 0.232 e. The molecule has 1 fully saturated rings. The van der Waals surface area contributed by atoms with E-state index in [-0.39, 0.29) is 18.3 Å². The van der Waals surface area contributed by atoms with Crippen molar-refractivity contribution >= 4 is 41.7 Å². The largest absolute Gasteiger partial charge is 0.342 e. The Morgan fingerprint density at radius 1 is 1.40 bits per heavy atom. The number of likely N-dealkylation sites (tertiary alicyclic amines) is 1. The lowest BCUT2D eigenvalue weighted by atomic mass is 10.1. The van der Waals surface area contributed by atoms with Gasteiger partial charge in [0.05, 0.1) is 5.75 Å². The van der Waals surface area contributed by atoms with E-state index < -0.39 is 0 Å². The highest BCUT2D eigenvalue weighted by Crippen LogP contribution is 2.19. The summed E-state index contributed by atoms with van der Waals surface area (Å²) in [6.07, 6.45) is 1.05. The smallest absolute Gasteiger partial charge is 0.232 e. The molecule has 1 amide bonds. The van der Waals surface area contributed by atoms with Gasteiger partial charge in [-0.1, -0.05) is 23.7 Å². The summed E-state index contributed by atoms with van der Waals surface area (Å²) in [6, 6.07) is 7.76. The molecule has 1 aliphatic rings. The first-order valence-electron chi connectivity index (χ1n) is 6.49. The summed E-state index contributed by atoms with van der Waals surface area (Å²) >= 11 is 7.48. The highest BCUT2D eigenvalue weighted by Gasteiger charge is 2.24. The van der Waals surface area contributed by atoms with Crippen LogP contribution in [0.2, 0.25) is 5.02 Å². The zero-order chi connectivity index (χ0) is 13.7. The summed E-state index contributed by atoms with van der Waals surface area (Å²) in [5, 5.41) is 0.745. The Morgan fingerprint density at radius 3 is 2.70 bits per heavy atom. The van der Waals surface area contributed by atoms with Crippen molar-refractivity contribution in [1.82, 2.24) is 4.90 Å². The predicted octanol–water partition coefficient (Wildman–Crippen LogP) is 2.80. The Kier molecular flexibility index (Phi) is 7.74. The lowest BCUT2D eigenvalue weighted by molar-refractivity contribution is -0.127. The molecular weight excluding hydrogens is 315 g/mol. The number of carbonyl (C=O) groups is 1. The van der Waals surface area contributed by atoms with Crippen molar-refractivity contribution in [3.8, 4) is 0 Å². The molecule has 1 unspecified atom stereocenters. The van der Waals surface area contributed by atoms with Crippen LogP contribution in [0.5, 0.6) is 0 Å². The molecule has 1 saturated heterocycles. The third kappa shape index (κ3) is 5.17. The summed E-state index contributed by atoms with van der Waals surface area (Å²) in [5.41, 5.74) is 6.83. The van der Waals surface area contributed by atoms with E-state index in [1.165, 1.54) is 5.56 Å². The van der Waals surface area contributed by atoms with Crippen LogP contribution in [0, 0.1) is 5.92 Å². The number of hydrogen-bond donors (Lipinski definition) is 1. The Labute approximate surface area is 135 Å². The van der Waals surface area contributed by atoms with Crippen LogP contribution in [0.15, 0.2) is 24.3 Å². The van der Waals surface area contributed by atoms with Gasteiger partial charge >= 0.3 is 0 Å². The first-order chi connectivity index (χ1) is 9.19. The molecule has 0 aromatic heterocycles. The van der Waals surface area contributed by atoms with Gasteiger partial charge in [0.2, 0.25) is 5.91 Å². The molecule has 1 aromatic rings. The van der Waals surface area contributed by atoms with E-state index in [4.69, 9.17) is 17.3 Å². The second-order valence-corrected chi connectivity index (χ2v) is 6.27. The van der Waals surface area contributed by atoms with Gasteiger partial charge < -0.3 is 10.6 Å². The number of hydrogen-bond acceptors (Lipinski definition) is 3. The van der Waals surface area contributed by atoms with Gasteiger partial charge in [0, 0.05) is 23.9 Å². The normalized spacial score (nSPS) is 17.9. The first-order valence-corrected chi connectivity index (χ1v) is 8.02. The van der Waals surface area contributed by atoms with Crippen LogP contribution in [0.3, 0.4) is 0 Å². The van der Waals surface area contributed by atoms with E-state index in [1.54, 1.807) is 11.8 Å². The van der Waals surface area contributed by atoms with Crippen molar-refractivity contribution in [1.29, 1.82) is 0 Å². The fraction of sp³-hybridized carbons (Fsp3) is 0.500. The average Bonchev–Trinajstić information content (AvgIpc) is 2.90. The molecule has 0 spiro atoms. The zero-order valence-corrected chi connectivity index (χ0v) is 13.6. The van der Waals surface area contributed by atoms with Gasteiger partial charge in [0.15, 0.2) is 0 Å². The van der Waals surface area contributed by atoms with Gasteiger partial charge in [-0.25, -0.2) is 0 Å². The number of amides is 1. The molecular formula is C14H20Cl2N2OS. The molecule has 3 nitrogen and oxygen atoms in total. The van der Waals surface area contributed by atoms with Crippen molar-refractivity contribution in [2.45, 2.75) is 12.2 Å². The van der Waals surface area contributed by atoms with Crippen LogP contribution in [-0.4, -0.2) is 36.2 Å². The molecule has 0 bridgehead atoms. The van der Waals surface area contributed by atoms with Crippen molar-refractivity contribution in [3.05, 3.63) is 34.9 Å². The lowest BCUT2D eigenvalue weighted by Crippen LogP contribution is -2.31. The van der Waals surface area contributed by atoms with E-state index in [0.717, 1.165) is 30.3 Å². The molecule has 1 heterocycles. The second kappa shape index (κ2) is 8.78. The van der Waals surface area contributed by atoms with E-state index in [0.29, 0.717) is 18.2 Å². The Balaban J connectivity index is 0.00000200. The molecule has 0 saturated carbocycles. The summed E-state index contributed by atoms with van der Waals surface area (Å²) in [5.74, 6) is 2.11. The standard InChI is InChI=1S/C14H19ClN2OS.ClH/c15-13-3-1-11(2-4-13)9-19-10-14(18)17-6-5-12(7-16)8-17;/h1-4,12H,5-10,16H2;1H. The Hall–Kier alpha value is -0.420. The number of carbonyl (C=O) groups excluding carboxylic acids is 1. The fourth-order valence-electron chi connectivity index (χ4n) is 2.18. The molecule has 1 atom stereocenters. The molecule has 20 heavy (non-hydrogen) atoms. The van der Waals surface area contributed by atoms with Crippen LogP contribution in [-0.2, 0) is 10.5 Å². The molecule has 2 N–H and O–H groups in total. The summed E-state index contributed by atoms with van der Waals surface area (Å²) in [6.45, 7) is 2.38. The van der Waals surface area contributed by atoms with Crippen molar-refractivity contribution < 1.29 is 4.79 Å². The minimum absolute atomic E-state index is 0. The van der Waals surface area contributed by atoms with Crippen molar-refractivity contribution in [2.24, 2.45) is 11.7 Å². The van der Waals surface area contributed by atoms with Crippen LogP contribution < -0.4 is 5.73 Å². The summed E-state index contributed by atoms with van der Waals surface area (Å²) in [4.78, 5) is 13.9. The number of rotatable bonds is 5. The maximum atomic E-state index is 12.0. The van der Waals surface area contributed by atoms with Gasteiger partial charge in [0.1, 0.15) is 0 Å². The van der Waals surface area contributed by atoms with Crippen molar-refractivity contribution in [3.63, 3.8) is 0 Å². The first kappa shape index (κ1) is 17.6. The lowest BCUT2D eigenvalue weighted by Gasteiger charge is -2.15. The van der Waals surface area contributed by atoms with E-state index in [9.17, 15) is 4.79 Å². The maximum absolute atomic E-state index is 12.0. The predicted molar refractivity (Wildman–Crippen MR) is 88.6 cm³/mol. The topological polar surface area (TPSA) is 46.3 Å². The molecule has 6 heteroatoms. The number of thioether (sulfide) groups is 1. The highest BCUT2D eigenvalue weighted by atomic mass is 35.5. The van der Waals surface area contributed by atoms with Crippen LogP contribution >= 0.6 is 35.8 Å². The monoisotopic (exact) mass is 334 g/mol. The Morgan fingerprint density at radius 2 is 2.10 bits per heavy atom. The van der Waals surface area contributed by atoms with Gasteiger partial charge in [-0.05, 0) is 36.6 Å². The molecule has 1 aromatic carbocycles. The summed E-state index contributed by atoms with van der Waals surface area (Å²) < 4.78 is 0. The van der Waals surface area contributed by atoms with Crippen molar-refractivity contribution in [2.75, 3.05) is 25.4 Å². The third-order valence-corrected chi connectivity index (χ3v) is 4.62. The third-order valence-electron chi connectivity index (χ3n) is 3.38. The van der Waals surface area contributed by atoms with Gasteiger partial charge in [-0.2, -0.15) is 0 Å². The van der Waals surface area contributed by atoms with Crippen LogP contribution in [0.25, 0.3) is 0 Å². The molecule has 112 valence electrons. The zero-order valence-electron chi connectivity index (χ0n) is 11.3. The number of nitrogens with zero attached hydrogens (tertiary/aromatic N) is 1. The van der Waals surface area contributed by atoms with Gasteiger partial charge in [-0.3, -0.25) is 4.79 Å². The van der Waals surface area contributed by atoms with Crippen LogP contribution in [0.4, 0.5) is 0 Å². The van der Waals surface area contributed by atoms with E-state index in [2.05, 4.69) is 0 Å². The fourth-order valence-corrected chi connectivity index (χ4v) is 3.19. The molecule has 0 aliphatic carbocycles. The average molecular weight is 335 g/mol. The van der Waals surface area contributed by atoms with Gasteiger partial charge in [-0.15, -0.1) is 24.2 Å².